The third-order valence-corrected chi connectivity index (χ3v) is 2.48. The second kappa shape index (κ2) is 5.80. The van der Waals surface area contributed by atoms with Crippen molar-refractivity contribution in [2.75, 3.05) is 10.6 Å². The number of nitrogens with zero attached hydrogens (tertiary/aromatic N) is 3. The van der Waals surface area contributed by atoms with Crippen LogP contribution in [0.15, 0.2) is 30.3 Å². The highest BCUT2D eigenvalue weighted by atomic mass is 16.2. The van der Waals surface area contributed by atoms with Gasteiger partial charge in [-0.15, -0.1) is 0 Å². The van der Waals surface area contributed by atoms with Gasteiger partial charge < -0.3 is 5.32 Å². The van der Waals surface area contributed by atoms with Gasteiger partial charge in [-0.1, -0.05) is 0 Å². The van der Waals surface area contributed by atoms with Gasteiger partial charge >= 0.3 is 6.03 Å². The minimum atomic E-state index is -0.431. The highest BCUT2D eigenvalue weighted by molar-refractivity contribution is 5.98. The Morgan fingerprint density at radius 1 is 1.10 bits per heavy atom. The number of benzene rings is 1. The van der Waals surface area contributed by atoms with E-state index in [1.807, 2.05) is 26.0 Å². The van der Waals surface area contributed by atoms with Crippen LogP contribution in [0.1, 0.15) is 17.0 Å². The molecule has 0 bridgehead atoms. The lowest BCUT2D eigenvalue weighted by atomic mass is 10.2. The zero-order valence-electron chi connectivity index (χ0n) is 11.1. The molecule has 6 heteroatoms. The first-order chi connectivity index (χ1) is 9.56. The van der Waals surface area contributed by atoms with Gasteiger partial charge in [-0.25, -0.2) is 14.8 Å². The lowest BCUT2D eigenvalue weighted by Gasteiger charge is -2.07. The lowest BCUT2D eigenvalue weighted by Crippen LogP contribution is -2.21. The van der Waals surface area contributed by atoms with Crippen molar-refractivity contribution in [3.05, 3.63) is 47.3 Å². The van der Waals surface area contributed by atoms with Crippen molar-refractivity contribution in [3.8, 4) is 6.07 Å². The predicted octanol–water partition coefficient (Wildman–Crippen LogP) is 2.61. The molecule has 0 aliphatic rings. The Balaban J connectivity index is 2.03. The van der Waals surface area contributed by atoms with E-state index in [1.54, 1.807) is 24.3 Å². The maximum Gasteiger partial charge on any atom is 0.326 e. The van der Waals surface area contributed by atoms with Gasteiger partial charge in [0.25, 0.3) is 0 Å². The maximum atomic E-state index is 11.8. The van der Waals surface area contributed by atoms with Gasteiger partial charge in [-0.05, 0) is 44.2 Å². The van der Waals surface area contributed by atoms with Crippen LogP contribution in [-0.2, 0) is 0 Å². The molecule has 1 heterocycles. The Hall–Kier alpha value is -2.94. The fourth-order valence-corrected chi connectivity index (χ4v) is 1.67. The van der Waals surface area contributed by atoms with Crippen molar-refractivity contribution in [2.24, 2.45) is 0 Å². The Kier molecular flexibility index (Phi) is 3.91. The molecule has 0 saturated carbocycles. The number of aromatic nitrogens is 2. The van der Waals surface area contributed by atoms with Gasteiger partial charge in [-0.2, -0.15) is 5.26 Å². The molecule has 0 aliphatic carbocycles. The van der Waals surface area contributed by atoms with Crippen LogP contribution in [0, 0.1) is 25.2 Å². The number of amides is 2. The molecule has 0 aliphatic heterocycles. The monoisotopic (exact) mass is 267 g/mol. The molecule has 100 valence electrons. The fourth-order valence-electron chi connectivity index (χ4n) is 1.67. The van der Waals surface area contributed by atoms with E-state index in [-0.39, 0.29) is 5.95 Å². The molecule has 1 aromatic carbocycles. The third kappa shape index (κ3) is 3.53. The standard InChI is InChI=1S/C14H13N5O/c1-9-7-10(2)17-13(16-9)19-14(20)18-12-5-3-11(8-15)4-6-12/h3-7H,1-2H3,(H2,16,17,18,19,20). The number of hydrogen-bond donors (Lipinski definition) is 2. The van der Waals surface area contributed by atoms with Gasteiger partial charge in [0, 0.05) is 17.1 Å². The van der Waals surface area contributed by atoms with Gasteiger partial charge in [0.1, 0.15) is 0 Å². The molecule has 0 saturated heterocycles. The van der Waals surface area contributed by atoms with Crippen molar-refractivity contribution in [2.45, 2.75) is 13.8 Å². The molecule has 2 N–H and O–H groups in total. The highest BCUT2D eigenvalue weighted by Gasteiger charge is 2.06. The van der Waals surface area contributed by atoms with Gasteiger partial charge in [0.15, 0.2) is 0 Å². The Bertz CT molecular complexity index is 653. The minimum Gasteiger partial charge on any atom is -0.308 e. The molecule has 20 heavy (non-hydrogen) atoms. The number of hydrogen-bond acceptors (Lipinski definition) is 4. The Morgan fingerprint density at radius 2 is 1.70 bits per heavy atom. The van der Waals surface area contributed by atoms with E-state index < -0.39 is 6.03 Å². The van der Waals surface area contributed by atoms with E-state index in [2.05, 4.69) is 20.6 Å². The van der Waals surface area contributed by atoms with E-state index in [0.717, 1.165) is 11.4 Å². The topological polar surface area (TPSA) is 90.7 Å². The molecular formula is C14H13N5O. The second-order valence-corrected chi connectivity index (χ2v) is 4.24. The number of nitrogens with one attached hydrogen (secondary N) is 2. The second-order valence-electron chi connectivity index (χ2n) is 4.24. The first-order valence-electron chi connectivity index (χ1n) is 5.97. The van der Waals surface area contributed by atoms with E-state index in [9.17, 15) is 4.79 Å². The zero-order chi connectivity index (χ0) is 14.5. The molecule has 2 rings (SSSR count). The van der Waals surface area contributed by atoms with Crippen molar-refractivity contribution >= 4 is 17.7 Å². The Labute approximate surface area is 116 Å². The SMILES string of the molecule is Cc1cc(C)nc(NC(=O)Nc2ccc(C#N)cc2)n1. The van der Waals surface area contributed by atoms with E-state index in [0.29, 0.717) is 11.3 Å². The lowest BCUT2D eigenvalue weighted by molar-refractivity contribution is 0.262. The predicted molar refractivity (Wildman–Crippen MR) is 75.3 cm³/mol. The maximum absolute atomic E-state index is 11.8. The molecule has 1 aromatic heterocycles. The smallest absolute Gasteiger partial charge is 0.308 e. The number of rotatable bonds is 2. The fraction of sp³-hybridized carbons (Fsp3) is 0.143. The van der Waals surface area contributed by atoms with Crippen LogP contribution < -0.4 is 10.6 Å². The van der Waals surface area contributed by atoms with Crippen molar-refractivity contribution in [1.29, 1.82) is 5.26 Å². The number of aryl methyl sites for hydroxylation is 2. The van der Waals surface area contributed by atoms with Crippen LogP contribution in [0.25, 0.3) is 0 Å². The average molecular weight is 267 g/mol. The van der Waals surface area contributed by atoms with Crippen molar-refractivity contribution < 1.29 is 4.79 Å². The highest BCUT2D eigenvalue weighted by Crippen LogP contribution is 2.09. The number of anilines is 2. The van der Waals surface area contributed by atoms with Crippen LogP contribution in [0.2, 0.25) is 0 Å². The molecule has 0 fully saturated rings. The summed E-state index contributed by atoms with van der Waals surface area (Å²) in [5, 5.41) is 13.9. The first-order valence-corrected chi connectivity index (χ1v) is 5.97. The zero-order valence-corrected chi connectivity index (χ0v) is 11.1. The summed E-state index contributed by atoms with van der Waals surface area (Å²) in [6.07, 6.45) is 0. The summed E-state index contributed by atoms with van der Waals surface area (Å²) >= 11 is 0. The molecule has 0 radical (unpaired) electrons. The van der Waals surface area contributed by atoms with Gasteiger partial charge in [-0.3, -0.25) is 5.32 Å². The minimum absolute atomic E-state index is 0.258. The quantitative estimate of drug-likeness (QED) is 0.875. The molecule has 0 unspecified atom stereocenters. The molecule has 6 nitrogen and oxygen atoms in total. The normalized spacial score (nSPS) is 9.65. The van der Waals surface area contributed by atoms with E-state index >= 15 is 0 Å². The molecule has 0 atom stereocenters. The summed E-state index contributed by atoms with van der Waals surface area (Å²) in [6.45, 7) is 3.66. The van der Waals surface area contributed by atoms with E-state index in [1.165, 1.54) is 0 Å². The Morgan fingerprint density at radius 3 is 2.25 bits per heavy atom. The summed E-state index contributed by atoms with van der Waals surface area (Å²) in [5.41, 5.74) is 2.69. The number of urea groups is 1. The summed E-state index contributed by atoms with van der Waals surface area (Å²) in [6, 6.07) is 9.97. The first kappa shape index (κ1) is 13.5. The molecule has 2 amide bonds. The van der Waals surface area contributed by atoms with Crippen LogP contribution in [0.5, 0.6) is 0 Å². The van der Waals surface area contributed by atoms with Gasteiger partial charge in [0.05, 0.1) is 11.6 Å². The average Bonchev–Trinajstić information content (AvgIpc) is 2.38. The summed E-state index contributed by atoms with van der Waals surface area (Å²) in [5.74, 6) is 0.258. The molecule has 2 aromatic rings. The third-order valence-electron chi connectivity index (χ3n) is 2.48. The van der Waals surface area contributed by atoms with Gasteiger partial charge in [0.2, 0.25) is 5.95 Å². The van der Waals surface area contributed by atoms with Crippen LogP contribution in [-0.4, -0.2) is 16.0 Å². The molecular weight excluding hydrogens is 254 g/mol. The van der Waals surface area contributed by atoms with Crippen LogP contribution >= 0.6 is 0 Å². The van der Waals surface area contributed by atoms with Crippen molar-refractivity contribution in [3.63, 3.8) is 0 Å². The van der Waals surface area contributed by atoms with Crippen LogP contribution in [0.4, 0.5) is 16.4 Å². The van der Waals surface area contributed by atoms with Crippen molar-refractivity contribution in [1.82, 2.24) is 9.97 Å². The largest absolute Gasteiger partial charge is 0.326 e. The summed E-state index contributed by atoms with van der Waals surface area (Å²) < 4.78 is 0. The molecule has 0 spiro atoms. The number of carbonyl (C=O) groups excluding carboxylic acids is 1. The van der Waals surface area contributed by atoms with E-state index in [4.69, 9.17) is 5.26 Å². The van der Waals surface area contributed by atoms with Crippen LogP contribution in [0.3, 0.4) is 0 Å². The summed E-state index contributed by atoms with van der Waals surface area (Å²) in [4.78, 5) is 20.0. The number of carbonyl (C=O) groups is 1. The number of nitriles is 1. The summed E-state index contributed by atoms with van der Waals surface area (Å²) in [7, 11) is 0.